The number of nitrogens with one attached hydrogen (secondary N) is 1. The highest BCUT2D eigenvalue weighted by Gasteiger charge is 2.26. The van der Waals surface area contributed by atoms with Crippen molar-refractivity contribution < 1.29 is 13.2 Å². The van der Waals surface area contributed by atoms with Gasteiger partial charge in [-0.05, 0) is 12.1 Å². The van der Waals surface area contributed by atoms with Gasteiger partial charge in [0.2, 0.25) is 10.0 Å². The number of hydrogen-bond acceptors (Lipinski definition) is 4. The summed E-state index contributed by atoms with van der Waals surface area (Å²) < 4.78 is 30.6. The molecule has 0 spiro atoms. The van der Waals surface area contributed by atoms with E-state index in [1.54, 1.807) is 13.2 Å². The Labute approximate surface area is 101 Å². The zero-order valence-corrected chi connectivity index (χ0v) is 10.5. The predicted molar refractivity (Wildman–Crippen MR) is 67.9 cm³/mol. The second kappa shape index (κ2) is 4.93. The van der Waals surface area contributed by atoms with Crippen LogP contribution >= 0.6 is 0 Å². The van der Waals surface area contributed by atoms with E-state index in [1.165, 1.54) is 4.31 Å². The Morgan fingerprint density at radius 2 is 2.18 bits per heavy atom. The molecular weight excluding hydrogens is 240 g/mol. The van der Waals surface area contributed by atoms with E-state index < -0.39 is 10.0 Å². The Bertz CT molecular complexity index is 487. The molecule has 0 radical (unpaired) electrons. The van der Waals surface area contributed by atoms with Crippen LogP contribution in [-0.4, -0.2) is 41.0 Å². The molecule has 1 N–H and O–H groups in total. The summed E-state index contributed by atoms with van der Waals surface area (Å²) in [5, 5.41) is 3.13. The fourth-order valence-electron chi connectivity index (χ4n) is 1.85. The highest BCUT2D eigenvalue weighted by molar-refractivity contribution is 7.92. The second-order valence-corrected chi connectivity index (χ2v) is 5.84. The maximum absolute atomic E-state index is 12.1. The first-order valence-corrected chi connectivity index (χ1v) is 7.08. The lowest BCUT2D eigenvalue weighted by atomic mass is 10.2. The molecule has 1 aliphatic rings. The normalized spacial score (nSPS) is 18.1. The van der Waals surface area contributed by atoms with E-state index in [0.29, 0.717) is 25.4 Å². The molecule has 94 valence electrons. The van der Waals surface area contributed by atoms with Crippen LogP contribution < -0.4 is 9.62 Å². The van der Waals surface area contributed by atoms with Crippen molar-refractivity contribution in [2.75, 3.05) is 42.2 Å². The Hall–Kier alpha value is -1.27. The summed E-state index contributed by atoms with van der Waals surface area (Å²) in [4.78, 5) is 0. The molecule has 1 aromatic carbocycles. The van der Waals surface area contributed by atoms with Gasteiger partial charge in [0.05, 0.1) is 30.3 Å². The molecule has 0 bridgehead atoms. The fourth-order valence-corrected chi connectivity index (χ4v) is 3.24. The van der Waals surface area contributed by atoms with Crippen LogP contribution in [0.3, 0.4) is 0 Å². The maximum Gasteiger partial charge on any atom is 0.237 e. The lowest BCUT2D eigenvalue weighted by Gasteiger charge is -2.23. The van der Waals surface area contributed by atoms with Gasteiger partial charge >= 0.3 is 0 Å². The van der Waals surface area contributed by atoms with Gasteiger partial charge in [0.1, 0.15) is 0 Å². The smallest absolute Gasteiger partial charge is 0.237 e. The number of rotatable bonds is 3. The lowest BCUT2D eigenvalue weighted by molar-refractivity contribution is 0.208. The Morgan fingerprint density at radius 3 is 2.94 bits per heavy atom. The van der Waals surface area contributed by atoms with Gasteiger partial charge in [0, 0.05) is 13.7 Å². The van der Waals surface area contributed by atoms with Crippen molar-refractivity contribution in [2.45, 2.75) is 0 Å². The van der Waals surface area contributed by atoms with Crippen molar-refractivity contribution in [3.05, 3.63) is 24.3 Å². The monoisotopic (exact) mass is 256 g/mol. The number of hydrogen-bond donors (Lipinski definition) is 1. The minimum Gasteiger partial charge on any atom is -0.383 e. The van der Waals surface area contributed by atoms with Gasteiger partial charge in [0.15, 0.2) is 0 Å². The highest BCUT2D eigenvalue weighted by atomic mass is 32.2. The summed E-state index contributed by atoms with van der Waals surface area (Å²) in [5.41, 5.74) is 1.55. The van der Waals surface area contributed by atoms with E-state index in [9.17, 15) is 8.42 Å². The van der Waals surface area contributed by atoms with Gasteiger partial charge in [-0.1, -0.05) is 12.1 Å². The second-order valence-electron chi connectivity index (χ2n) is 3.82. The molecule has 0 amide bonds. The number of sulfonamides is 1. The zero-order valence-electron chi connectivity index (χ0n) is 9.72. The van der Waals surface area contributed by atoms with Gasteiger partial charge < -0.3 is 10.1 Å². The van der Waals surface area contributed by atoms with E-state index in [-0.39, 0.29) is 5.75 Å². The summed E-state index contributed by atoms with van der Waals surface area (Å²) in [6, 6.07) is 7.41. The number of para-hydroxylation sites is 2. The van der Waals surface area contributed by atoms with E-state index >= 15 is 0 Å². The molecule has 0 saturated heterocycles. The molecule has 5 nitrogen and oxygen atoms in total. The van der Waals surface area contributed by atoms with Crippen LogP contribution in [0.2, 0.25) is 0 Å². The molecule has 0 saturated carbocycles. The minimum absolute atomic E-state index is 0.103. The Kier molecular flexibility index (Phi) is 3.54. The van der Waals surface area contributed by atoms with Crippen LogP contribution in [0.25, 0.3) is 0 Å². The molecular formula is C11H16N2O3S. The molecule has 0 atom stereocenters. The lowest BCUT2D eigenvalue weighted by Crippen LogP contribution is -2.35. The van der Waals surface area contributed by atoms with Crippen molar-refractivity contribution in [3.63, 3.8) is 0 Å². The number of ether oxygens (including phenoxy) is 1. The first kappa shape index (κ1) is 12.2. The van der Waals surface area contributed by atoms with E-state index in [0.717, 1.165) is 5.69 Å². The number of benzene rings is 1. The third-order valence-corrected chi connectivity index (χ3v) is 4.45. The first-order valence-electron chi connectivity index (χ1n) is 5.47. The van der Waals surface area contributed by atoms with Crippen molar-refractivity contribution in [1.29, 1.82) is 0 Å². The van der Waals surface area contributed by atoms with Gasteiger partial charge in [-0.25, -0.2) is 8.42 Å². The van der Waals surface area contributed by atoms with Crippen molar-refractivity contribution in [3.8, 4) is 0 Å². The van der Waals surface area contributed by atoms with Crippen molar-refractivity contribution in [2.24, 2.45) is 0 Å². The summed E-state index contributed by atoms with van der Waals surface area (Å²) in [7, 11) is -1.69. The molecule has 0 aromatic heterocycles. The average Bonchev–Trinajstić information content (AvgIpc) is 2.42. The van der Waals surface area contributed by atoms with Gasteiger partial charge in [-0.15, -0.1) is 0 Å². The fraction of sp³-hybridized carbons (Fsp3) is 0.455. The highest BCUT2D eigenvalue weighted by Crippen LogP contribution is 2.29. The quantitative estimate of drug-likeness (QED) is 0.872. The Balaban J connectivity index is 2.41. The number of methoxy groups -OCH3 is 1. The standard InChI is InChI=1S/C11H16N2O3S/c1-16-8-7-13-11-5-3-2-4-10(11)12-6-9-17(13,14)15/h2-5,12H,6-9H2,1H3. The van der Waals surface area contributed by atoms with E-state index in [4.69, 9.17) is 4.74 Å². The van der Waals surface area contributed by atoms with Crippen molar-refractivity contribution >= 4 is 21.4 Å². The summed E-state index contributed by atoms with van der Waals surface area (Å²) >= 11 is 0. The van der Waals surface area contributed by atoms with Gasteiger partial charge in [-0.2, -0.15) is 0 Å². The van der Waals surface area contributed by atoms with Crippen LogP contribution in [0, 0.1) is 0 Å². The van der Waals surface area contributed by atoms with E-state index in [1.807, 2.05) is 18.2 Å². The van der Waals surface area contributed by atoms with Gasteiger partial charge in [-0.3, -0.25) is 4.31 Å². The number of fused-ring (bicyclic) bond motifs is 1. The Morgan fingerprint density at radius 1 is 1.41 bits per heavy atom. The largest absolute Gasteiger partial charge is 0.383 e. The molecule has 0 fully saturated rings. The topological polar surface area (TPSA) is 58.6 Å². The minimum atomic E-state index is -3.25. The van der Waals surface area contributed by atoms with Crippen LogP contribution in [0.15, 0.2) is 24.3 Å². The number of anilines is 2. The molecule has 0 unspecified atom stereocenters. The third kappa shape index (κ3) is 2.53. The van der Waals surface area contributed by atoms with Crippen molar-refractivity contribution in [1.82, 2.24) is 0 Å². The van der Waals surface area contributed by atoms with Crippen LogP contribution in [-0.2, 0) is 14.8 Å². The number of nitrogens with zero attached hydrogens (tertiary/aromatic N) is 1. The molecule has 17 heavy (non-hydrogen) atoms. The molecule has 0 aliphatic carbocycles. The molecule has 1 aliphatic heterocycles. The van der Waals surface area contributed by atoms with Crippen LogP contribution in [0.5, 0.6) is 0 Å². The third-order valence-electron chi connectivity index (χ3n) is 2.68. The SMILES string of the molecule is COCCN1c2ccccc2NCCS1(=O)=O. The summed E-state index contributed by atoms with van der Waals surface area (Å²) in [6.45, 7) is 1.16. The molecule has 2 rings (SSSR count). The van der Waals surface area contributed by atoms with Crippen LogP contribution in [0.4, 0.5) is 11.4 Å². The average molecular weight is 256 g/mol. The molecule has 1 aromatic rings. The molecule has 1 heterocycles. The summed E-state index contributed by atoms with van der Waals surface area (Å²) in [6.07, 6.45) is 0. The molecule has 6 heteroatoms. The van der Waals surface area contributed by atoms with Crippen LogP contribution in [0.1, 0.15) is 0 Å². The predicted octanol–water partition coefficient (Wildman–Crippen LogP) is 0.895. The van der Waals surface area contributed by atoms with E-state index in [2.05, 4.69) is 5.32 Å². The summed E-state index contributed by atoms with van der Waals surface area (Å²) in [5.74, 6) is 0.103. The zero-order chi connectivity index (χ0) is 12.3. The first-order chi connectivity index (χ1) is 8.15. The van der Waals surface area contributed by atoms with Gasteiger partial charge in [0.25, 0.3) is 0 Å². The maximum atomic E-state index is 12.1.